The molecule has 0 bridgehead atoms. The molecule has 0 aliphatic carbocycles. The first-order valence-electron chi connectivity index (χ1n) is 8.14. The number of nitrogens with zero attached hydrogens (tertiary/aromatic N) is 1. The maximum Gasteiger partial charge on any atom is 0.253 e. The zero-order chi connectivity index (χ0) is 17.7. The van der Waals surface area contributed by atoms with Gasteiger partial charge in [-0.15, -0.1) is 12.4 Å². The Balaban J connectivity index is 0.00000312. The van der Waals surface area contributed by atoms with E-state index in [9.17, 15) is 9.59 Å². The first-order valence-corrected chi connectivity index (χ1v) is 8.90. The largest absolute Gasteiger partial charge is 0.355 e. The number of rotatable bonds is 5. The van der Waals surface area contributed by atoms with Gasteiger partial charge in [0.05, 0.1) is 16.0 Å². The lowest BCUT2D eigenvalue weighted by molar-refractivity contribution is -0.126. The molecule has 3 N–H and O–H groups in total. The van der Waals surface area contributed by atoms with Crippen molar-refractivity contribution in [1.82, 2.24) is 10.2 Å². The van der Waals surface area contributed by atoms with Crippen molar-refractivity contribution in [2.45, 2.75) is 19.8 Å². The van der Waals surface area contributed by atoms with Gasteiger partial charge >= 0.3 is 0 Å². The normalized spacial score (nSPS) is 18.2. The van der Waals surface area contributed by atoms with Crippen LogP contribution in [0.1, 0.15) is 30.1 Å². The Bertz CT molecular complexity index is 613. The Kier molecular flexibility index (Phi) is 9.00. The molecule has 1 saturated heterocycles. The average molecular weight is 409 g/mol. The highest BCUT2D eigenvalue weighted by molar-refractivity contribution is 6.42. The van der Waals surface area contributed by atoms with Gasteiger partial charge < -0.3 is 16.0 Å². The molecule has 1 aliphatic heterocycles. The van der Waals surface area contributed by atoms with E-state index in [1.165, 1.54) is 0 Å². The Morgan fingerprint density at radius 3 is 2.72 bits per heavy atom. The number of carbonyl (C=O) groups is 2. The summed E-state index contributed by atoms with van der Waals surface area (Å²) in [6.45, 7) is 4.14. The van der Waals surface area contributed by atoms with E-state index in [1.807, 2.05) is 6.92 Å². The summed E-state index contributed by atoms with van der Waals surface area (Å²) in [5.74, 6) is -0.0785. The van der Waals surface area contributed by atoms with Crippen LogP contribution in [0, 0.1) is 11.8 Å². The van der Waals surface area contributed by atoms with Gasteiger partial charge in [-0.25, -0.2) is 0 Å². The fourth-order valence-corrected chi connectivity index (χ4v) is 2.99. The molecule has 5 nitrogen and oxygen atoms in total. The van der Waals surface area contributed by atoms with Crippen molar-refractivity contribution in [3.05, 3.63) is 33.8 Å². The van der Waals surface area contributed by atoms with Crippen molar-refractivity contribution in [2.75, 3.05) is 26.2 Å². The van der Waals surface area contributed by atoms with Crippen molar-refractivity contribution in [3.8, 4) is 0 Å². The number of nitrogens with one attached hydrogen (secondary N) is 1. The van der Waals surface area contributed by atoms with Gasteiger partial charge in [-0.3, -0.25) is 9.59 Å². The van der Waals surface area contributed by atoms with E-state index in [2.05, 4.69) is 5.32 Å². The summed E-state index contributed by atoms with van der Waals surface area (Å²) >= 11 is 11.9. The van der Waals surface area contributed by atoms with Crippen molar-refractivity contribution in [3.63, 3.8) is 0 Å². The quantitative estimate of drug-likeness (QED) is 0.786. The fraction of sp³-hybridized carbons (Fsp3) is 0.529. The van der Waals surface area contributed by atoms with Crippen LogP contribution in [-0.4, -0.2) is 42.9 Å². The molecule has 0 radical (unpaired) electrons. The predicted molar refractivity (Wildman–Crippen MR) is 104 cm³/mol. The van der Waals surface area contributed by atoms with Gasteiger partial charge in [-0.2, -0.15) is 0 Å². The molecule has 1 fully saturated rings. The summed E-state index contributed by atoms with van der Waals surface area (Å²) in [6, 6.07) is 4.83. The molecule has 0 aromatic heterocycles. The zero-order valence-electron chi connectivity index (χ0n) is 14.1. The Hall–Kier alpha value is -1.01. The summed E-state index contributed by atoms with van der Waals surface area (Å²) in [6.07, 6.45) is 1.59. The highest BCUT2D eigenvalue weighted by atomic mass is 35.5. The van der Waals surface area contributed by atoms with Crippen LogP contribution in [0.4, 0.5) is 0 Å². The topological polar surface area (TPSA) is 75.4 Å². The standard InChI is InChI=1S/C17H23Cl2N3O2.ClH/c1-11(8-20)9-21-16(23)13-3-2-6-22(10-13)17(24)12-4-5-14(18)15(19)7-12;/h4-5,7,11,13H,2-3,6,8-10,20H2,1H3,(H,21,23);1H. The molecule has 2 unspecified atom stereocenters. The minimum atomic E-state index is -0.185. The molecule has 2 rings (SSSR count). The number of nitrogens with two attached hydrogens (primary N) is 1. The van der Waals surface area contributed by atoms with E-state index in [4.69, 9.17) is 28.9 Å². The summed E-state index contributed by atoms with van der Waals surface area (Å²) < 4.78 is 0. The Morgan fingerprint density at radius 1 is 1.36 bits per heavy atom. The summed E-state index contributed by atoms with van der Waals surface area (Å²) in [4.78, 5) is 26.6. The SMILES string of the molecule is CC(CN)CNC(=O)C1CCCN(C(=O)c2ccc(Cl)c(Cl)c2)C1.Cl. The fourth-order valence-electron chi connectivity index (χ4n) is 2.69. The second-order valence-electron chi connectivity index (χ2n) is 6.31. The van der Waals surface area contributed by atoms with Gasteiger partial charge in [0.2, 0.25) is 5.91 Å². The molecule has 0 saturated carbocycles. The van der Waals surface area contributed by atoms with E-state index < -0.39 is 0 Å². The van der Waals surface area contributed by atoms with E-state index in [-0.39, 0.29) is 36.1 Å². The highest BCUT2D eigenvalue weighted by Gasteiger charge is 2.29. The van der Waals surface area contributed by atoms with E-state index >= 15 is 0 Å². The lowest BCUT2D eigenvalue weighted by Gasteiger charge is -2.32. The minimum Gasteiger partial charge on any atom is -0.355 e. The van der Waals surface area contributed by atoms with Gasteiger partial charge in [0.15, 0.2) is 0 Å². The lowest BCUT2D eigenvalue weighted by atomic mass is 9.96. The molecule has 2 atom stereocenters. The van der Waals surface area contributed by atoms with Crippen molar-refractivity contribution in [2.24, 2.45) is 17.6 Å². The van der Waals surface area contributed by atoms with Crippen LogP contribution in [0.5, 0.6) is 0 Å². The van der Waals surface area contributed by atoms with Crippen molar-refractivity contribution < 1.29 is 9.59 Å². The molecule has 2 amide bonds. The van der Waals surface area contributed by atoms with Crippen LogP contribution in [-0.2, 0) is 4.79 Å². The number of carbonyl (C=O) groups excluding carboxylic acids is 2. The van der Waals surface area contributed by atoms with Gasteiger partial charge in [0.25, 0.3) is 5.91 Å². The highest BCUT2D eigenvalue weighted by Crippen LogP contribution is 2.25. The number of amides is 2. The third-order valence-corrected chi connectivity index (χ3v) is 5.01. The molecule has 1 aromatic carbocycles. The van der Waals surface area contributed by atoms with Crippen molar-refractivity contribution >= 4 is 47.4 Å². The summed E-state index contributed by atoms with van der Waals surface area (Å²) in [5.41, 5.74) is 6.05. The van der Waals surface area contributed by atoms with Crippen LogP contribution in [0.15, 0.2) is 18.2 Å². The second kappa shape index (κ2) is 10.2. The van der Waals surface area contributed by atoms with E-state index in [0.29, 0.717) is 41.8 Å². The van der Waals surface area contributed by atoms with Gasteiger partial charge in [0, 0.05) is 25.2 Å². The summed E-state index contributed by atoms with van der Waals surface area (Å²) in [7, 11) is 0. The molecular formula is C17H24Cl3N3O2. The predicted octanol–water partition coefficient (Wildman–Crippen LogP) is 2.98. The molecule has 8 heteroatoms. The van der Waals surface area contributed by atoms with Gasteiger partial charge in [-0.05, 0) is 43.5 Å². The molecular weight excluding hydrogens is 385 g/mol. The molecule has 140 valence electrons. The zero-order valence-corrected chi connectivity index (χ0v) is 16.5. The molecule has 0 spiro atoms. The molecule has 1 aromatic rings. The number of hydrogen-bond acceptors (Lipinski definition) is 3. The number of halogens is 3. The average Bonchev–Trinajstić information content (AvgIpc) is 2.61. The number of piperidine rings is 1. The third-order valence-electron chi connectivity index (χ3n) is 4.27. The second-order valence-corrected chi connectivity index (χ2v) is 7.12. The Morgan fingerprint density at radius 2 is 2.08 bits per heavy atom. The van der Waals surface area contributed by atoms with Gasteiger partial charge in [-0.1, -0.05) is 30.1 Å². The van der Waals surface area contributed by atoms with E-state index in [1.54, 1.807) is 23.1 Å². The van der Waals surface area contributed by atoms with Gasteiger partial charge in [0.1, 0.15) is 0 Å². The molecule has 1 aliphatic rings. The van der Waals surface area contributed by atoms with Crippen LogP contribution < -0.4 is 11.1 Å². The smallest absolute Gasteiger partial charge is 0.253 e. The van der Waals surface area contributed by atoms with Crippen LogP contribution in [0.25, 0.3) is 0 Å². The monoisotopic (exact) mass is 407 g/mol. The summed E-state index contributed by atoms with van der Waals surface area (Å²) in [5, 5.41) is 3.69. The number of likely N-dealkylation sites (tertiary alicyclic amines) is 1. The lowest BCUT2D eigenvalue weighted by Crippen LogP contribution is -2.46. The maximum atomic E-state index is 12.6. The van der Waals surface area contributed by atoms with Crippen molar-refractivity contribution in [1.29, 1.82) is 0 Å². The van der Waals surface area contributed by atoms with Crippen LogP contribution in [0.3, 0.4) is 0 Å². The minimum absolute atomic E-state index is 0. The third kappa shape index (κ3) is 6.03. The first-order chi connectivity index (χ1) is 11.4. The molecule has 1 heterocycles. The molecule has 25 heavy (non-hydrogen) atoms. The first kappa shape index (κ1) is 22.0. The van der Waals surface area contributed by atoms with Crippen LogP contribution in [0.2, 0.25) is 10.0 Å². The van der Waals surface area contributed by atoms with E-state index in [0.717, 1.165) is 12.8 Å². The number of hydrogen-bond donors (Lipinski definition) is 2. The van der Waals surface area contributed by atoms with Crippen LogP contribution >= 0.6 is 35.6 Å². The number of benzene rings is 1. The maximum absolute atomic E-state index is 12.6. The Labute approximate surface area is 164 Å².